The van der Waals surface area contributed by atoms with Crippen LogP contribution in [-0.2, 0) is 19.9 Å². The average molecular weight is 289 g/mol. The van der Waals surface area contributed by atoms with Gasteiger partial charge in [-0.3, -0.25) is 10.1 Å². The molecule has 1 N–H and O–H groups in total. The van der Waals surface area contributed by atoms with Crippen LogP contribution in [0.4, 0.5) is 5.13 Å². The molecule has 2 aromatic rings. The van der Waals surface area contributed by atoms with E-state index in [1.54, 1.807) is 11.3 Å². The van der Waals surface area contributed by atoms with Gasteiger partial charge in [0.05, 0.1) is 5.69 Å². The first-order valence-electron chi connectivity index (χ1n) is 7.15. The van der Waals surface area contributed by atoms with Crippen LogP contribution in [-0.4, -0.2) is 15.5 Å². The molecule has 0 unspecified atom stereocenters. The van der Waals surface area contributed by atoms with Crippen LogP contribution in [0.5, 0.6) is 0 Å². The smallest absolute Gasteiger partial charge is 0.274 e. The summed E-state index contributed by atoms with van der Waals surface area (Å²) < 4.78 is 1.82. The molecular weight excluding hydrogens is 270 g/mol. The zero-order valence-corrected chi connectivity index (χ0v) is 12.5. The molecule has 1 amide bonds. The quantitative estimate of drug-likeness (QED) is 0.921. The fourth-order valence-corrected chi connectivity index (χ4v) is 3.66. The van der Waals surface area contributed by atoms with E-state index in [9.17, 15) is 4.79 Å². The standard InChI is InChI=1S/C15H19N3OS/c1-18-10-6-8-12(18)14(19)17-15-16-11-7-4-2-3-5-9-13(11)20-15/h6,8,10H,2-5,7,9H2,1H3,(H,16,17,19). The zero-order chi connectivity index (χ0) is 13.9. The van der Waals surface area contributed by atoms with E-state index in [2.05, 4.69) is 10.3 Å². The number of amides is 1. The van der Waals surface area contributed by atoms with Crippen LogP contribution < -0.4 is 5.32 Å². The summed E-state index contributed by atoms with van der Waals surface area (Å²) in [5.74, 6) is -0.0841. The third-order valence-electron chi connectivity index (χ3n) is 3.74. The second-order valence-electron chi connectivity index (χ2n) is 5.26. The van der Waals surface area contributed by atoms with Crippen molar-refractivity contribution in [3.63, 3.8) is 0 Å². The summed E-state index contributed by atoms with van der Waals surface area (Å²) in [5.41, 5.74) is 1.85. The van der Waals surface area contributed by atoms with Gasteiger partial charge in [0, 0.05) is 18.1 Å². The Balaban J connectivity index is 1.76. The molecule has 0 saturated carbocycles. The minimum absolute atomic E-state index is 0.0841. The molecule has 1 aliphatic carbocycles. The van der Waals surface area contributed by atoms with Crippen molar-refractivity contribution in [2.75, 3.05) is 5.32 Å². The van der Waals surface area contributed by atoms with Crippen LogP contribution in [0.2, 0.25) is 0 Å². The van der Waals surface area contributed by atoms with E-state index in [-0.39, 0.29) is 5.91 Å². The SMILES string of the molecule is Cn1cccc1C(=O)Nc1nc2c(s1)CCCCCC2. The molecule has 5 heteroatoms. The van der Waals surface area contributed by atoms with Gasteiger partial charge in [-0.1, -0.05) is 12.8 Å². The van der Waals surface area contributed by atoms with Gasteiger partial charge in [0.15, 0.2) is 5.13 Å². The molecule has 2 heterocycles. The normalized spacial score (nSPS) is 15.2. The van der Waals surface area contributed by atoms with Gasteiger partial charge in [-0.15, -0.1) is 11.3 Å². The number of fused-ring (bicyclic) bond motifs is 1. The molecule has 1 aliphatic rings. The molecular formula is C15H19N3OS. The van der Waals surface area contributed by atoms with Gasteiger partial charge in [0.1, 0.15) is 5.69 Å². The Hall–Kier alpha value is -1.62. The number of hydrogen-bond donors (Lipinski definition) is 1. The first-order valence-corrected chi connectivity index (χ1v) is 7.97. The number of hydrogen-bond acceptors (Lipinski definition) is 3. The lowest BCUT2D eigenvalue weighted by molar-refractivity contribution is 0.101. The summed E-state index contributed by atoms with van der Waals surface area (Å²) in [4.78, 5) is 18.1. The van der Waals surface area contributed by atoms with Gasteiger partial charge >= 0.3 is 0 Å². The van der Waals surface area contributed by atoms with E-state index in [1.165, 1.54) is 36.3 Å². The number of carbonyl (C=O) groups is 1. The van der Waals surface area contributed by atoms with Crippen molar-refractivity contribution in [1.82, 2.24) is 9.55 Å². The molecule has 4 nitrogen and oxygen atoms in total. The predicted octanol–water partition coefficient (Wildman–Crippen LogP) is 3.39. The number of carbonyl (C=O) groups excluding carboxylic acids is 1. The summed E-state index contributed by atoms with van der Waals surface area (Å²) in [6.45, 7) is 0. The number of nitrogens with one attached hydrogen (secondary N) is 1. The number of aryl methyl sites for hydroxylation is 3. The second kappa shape index (κ2) is 5.79. The minimum atomic E-state index is -0.0841. The van der Waals surface area contributed by atoms with Crippen molar-refractivity contribution in [2.45, 2.75) is 38.5 Å². The fraction of sp³-hybridized carbons (Fsp3) is 0.467. The first kappa shape index (κ1) is 13.4. The Morgan fingerprint density at radius 2 is 2.10 bits per heavy atom. The summed E-state index contributed by atoms with van der Waals surface area (Å²) in [5, 5.41) is 3.67. The van der Waals surface area contributed by atoms with Gasteiger partial charge in [0.2, 0.25) is 0 Å². The maximum absolute atomic E-state index is 12.2. The lowest BCUT2D eigenvalue weighted by Gasteiger charge is -2.06. The highest BCUT2D eigenvalue weighted by molar-refractivity contribution is 7.15. The molecule has 0 aromatic carbocycles. The molecule has 106 valence electrons. The largest absolute Gasteiger partial charge is 0.347 e. The molecule has 20 heavy (non-hydrogen) atoms. The Bertz CT molecular complexity index is 589. The van der Waals surface area contributed by atoms with Gasteiger partial charge < -0.3 is 4.57 Å². The molecule has 0 atom stereocenters. The van der Waals surface area contributed by atoms with Crippen molar-refractivity contribution in [3.05, 3.63) is 34.6 Å². The molecule has 2 aromatic heterocycles. The number of nitrogens with zero attached hydrogens (tertiary/aromatic N) is 2. The topological polar surface area (TPSA) is 46.9 Å². The van der Waals surface area contributed by atoms with Crippen molar-refractivity contribution >= 4 is 22.4 Å². The molecule has 0 saturated heterocycles. The number of aromatic nitrogens is 2. The highest BCUT2D eigenvalue weighted by Gasteiger charge is 2.16. The third kappa shape index (κ3) is 2.77. The number of thiazole rings is 1. The van der Waals surface area contributed by atoms with Gasteiger partial charge in [-0.05, 0) is 37.8 Å². The summed E-state index contributed by atoms with van der Waals surface area (Å²) in [6, 6.07) is 3.69. The maximum Gasteiger partial charge on any atom is 0.274 e. The Morgan fingerprint density at radius 1 is 1.30 bits per heavy atom. The van der Waals surface area contributed by atoms with Gasteiger partial charge in [-0.25, -0.2) is 4.98 Å². The Morgan fingerprint density at radius 3 is 2.85 bits per heavy atom. The maximum atomic E-state index is 12.2. The highest BCUT2D eigenvalue weighted by Crippen LogP contribution is 2.28. The van der Waals surface area contributed by atoms with Crippen molar-refractivity contribution < 1.29 is 4.79 Å². The van der Waals surface area contributed by atoms with Crippen LogP contribution in [0.1, 0.15) is 46.7 Å². The summed E-state index contributed by atoms with van der Waals surface area (Å²) in [7, 11) is 1.87. The minimum Gasteiger partial charge on any atom is -0.347 e. The van der Waals surface area contributed by atoms with Crippen LogP contribution >= 0.6 is 11.3 Å². The lowest BCUT2D eigenvalue weighted by Crippen LogP contribution is -2.15. The monoisotopic (exact) mass is 289 g/mol. The molecule has 3 rings (SSSR count). The zero-order valence-electron chi connectivity index (χ0n) is 11.7. The second-order valence-corrected chi connectivity index (χ2v) is 6.35. The van der Waals surface area contributed by atoms with E-state index < -0.39 is 0 Å². The third-order valence-corrected chi connectivity index (χ3v) is 4.82. The predicted molar refractivity (Wildman–Crippen MR) is 81.4 cm³/mol. The van der Waals surface area contributed by atoms with Crippen LogP contribution in [0.25, 0.3) is 0 Å². The van der Waals surface area contributed by atoms with E-state index in [0.717, 1.165) is 18.0 Å². The van der Waals surface area contributed by atoms with Crippen LogP contribution in [0, 0.1) is 0 Å². The fourth-order valence-electron chi connectivity index (χ4n) is 2.62. The molecule has 0 radical (unpaired) electrons. The van der Waals surface area contributed by atoms with Crippen molar-refractivity contribution in [2.24, 2.45) is 7.05 Å². The molecule has 0 fully saturated rings. The van der Waals surface area contributed by atoms with Crippen molar-refractivity contribution in [1.29, 1.82) is 0 Å². The first-order chi connectivity index (χ1) is 9.74. The van der Waals surface area contributed by atoms with E-state index in [1.807, 2.05) is 29.9 Å². The molecule has 0 aliphatic heterocycles. The molecule has 0 bridgehead atoms. The Labute approximate surface area is 122 Å². The summed E-state index contributed by atoms with van der Waals surface area (Å²) >= 11 is 1.64. The molecule has 0 spiro atoms. The number of rotatable bonds is 2. The average Bonchev–Trinajstić information content (AvgIpc) is 2.96. The lowest BCUT2D eigenvalue weighted by atomic mass is 10.0. The number of anilines is 1. The Kier molecular flexibility index (Phi) is 3.87. The van der Waals surface area contributed by atoms with E-state index in [4.69, 9.17) is 0 Å². The van der Waals surface area contributed by atoms with Crippen LogP contribution in [0.15, 0.2) is 18.3 Å². The highest BCUT2D eigenvalue weighted by atomic mass is 32.1. The van der Waals surface area contributed by atoms with Crippen LogP contribution in [0.3, 0.4) is 0 Å². The van der Waals surface area contributed by atoms with Gasteiger partial charge in [0.25, 0.3) is 5.91 Å². The van der Waals surface area contributed by atoms with E-state index >= 15 is 0 Å². The summed E-state index contributed by atoms with van der Waals surface area (Å²) in [6.07, 6.45) is 9.07. The van der Waals surface area contributed by atoms with E-state index in [0.29, 0.717) is 5.69 Å². The van der Waals surface area contributed by atoms with Crippen molar-refractivity contribution in [3.8, 4) is 0 Å². The van der Waals surface area contributed by atoms with Gasteiger partial charge in [-0.2, -0.15) is 0 Å².